The maximum absolute atomic E-state index is 12.7. The summed E-state index contributed by atoms with van der Waals surface area (Å²) in [5.74, 6) is -0.612. The molecule has 0 aliphatic carbocycles. The number of esters is 1. The highest BCUT2D eigenvalue weighted by Crippen LogP contribution is 2.09. The van der Waals surface area contributed by atoms with Crippen molar-refractivity contribution in [3.8, 4) is 0 Å². The van der Waals surface area contributed by atoms with E-state index in [1.165, 1.54) is 24.3 Å². The summed E-state index contributed by atoms with van der Waals surface area (Å²) in [4.78, 5) is 22.7. The Kier molecular flexibility index (Phi) is 6.05. The summed E-state index contributed by atoms with van der Waals surface area (Å²) < 4.78 is 17.4. The molecular formula is C14H17FO3. The van der Waals surface area contributed by atoms with Crippen LogP contribution >= 0.6 is 0 Å². The highest BCUT2D eigenvalue weighted by atomic mass is 19.1. The van der Waals surface area contributed by atoms with Gasteiger partial charge in [-0.25, -0.2) is 4.39 Å². The Bertz CT molecular complexity index is 398. The molecule has 0 amide bonds. The maximum Gasteiger partial charge on any atom is 0.305 e. The van der Waals surface area contributed by atoms with Crippen LogP contribution in [-0.2, 0) is 9.53 Å². The molecule has 0 aliphatic rings. The number of carbonyl (C=O) groups is 2. The number of Topliss-reactive ketones (excluding diaryl/α,β-unsaturated/α-hetero) is 1. The van der Waals surface area contributed by atoms with E-state index in [-0.39, 0.29) is 17.6 Å². The summed E-state index contributed by atoms with van der Waals surface area (Å²) in [6.07, 6.45) is 1.97. The zero-order valence-corrected chi connectivity index (χ0v) is 10.4. The van der Waals surface area contributed by atoms with Crippen LogP contribution in [0.1, 0.15) is 43.0 Å². The number of hydrogen-bond donors (Lipinski definition) is 0. The zero-order valence-electron chi connectivity index (χ0n) is 10.4. The first-order valence-corrected chi connectivity index (χ1v) is 6.08. The van der Waals surface area contributed by atoms with Gasteiger partial charge in [-0.1, -0.05) is 0 Å². The van der Waals surface area contributed by atoms with Crippen LogP contribution < -0.4 is 0 Å². The van der Waals surface area contributed by atoms with E-state index >= 15 is 0 Å². The van der Waals surface area contributed by atoms with E-state index in [0.29, 0.717) is 37.9 Å². The Labute approximate surface area is 106 Å². The van der Waals surface area contributed by atoms with Gasteiger partial charge in [0.2, 0.25) is 0 Å². The van der Waals surface area contributed by atoms with Gasteiger partial charge in [0.1, 0.15) is 5.82 Å². The molecule has 1 aromatic rings. The minimum Gasteiger partial charge on any atom is -0.466 e. The van der Waals surface area contributed by atoms with Gasteiger partial charge in [0.05, 0.1) is 6.61 Å². The fourth-order valence-electron chi connectivity index (χ4n) is 1.57. The molecular weight excluding hydrogens is 235 g/mol. The lowest BCUT2D eigenvalue weighted by atomic mass is 10.0. The second-order valence-electron chi connectivity index (χ2n) is 3.94. The SMILES string of the molecule is CCOC(=O)CCCCC(=O)c1ccc(F)cc1. The molecule has 0 bridgehead atoms. The van der Waals surface area contributed by atoms with E-state index < -0.39 is 0 Å². The smallest absolute Gasteiger partial charge is 0.305 e. The number of rotatable bonds is 7. The van der Waals surface area contributed by atoms with Crippen LogP contribution in [0.25, 0.3) is 0 Å². The zero-order chi connectivity index (χ0) is 13.4. The first kappa shape index (κ1) is 14.4. The third-order valence-electron chi connectivity index (χ3n) is 2.51. The molecule has 0 radical (unpaired) electrons. The summed E-state index contributed by atoms with van der Waals surface area (Å²) in [7, 11) is 0. The van der Waals surface area contributed by atoms with Gasteiger partial charge >= 0.3 is 5.97 Å². The second-order valence-corrected chi connectivity index (χ2v) is 3.94. The minimum absolute atomic E-state index is 0.0288. The third kappa shape index (κ3) is 5.08. The van der Waals surface area contributed by atoms with E-state index in [9.17, 15) is 14.0 Å². The van der Waals surface area contributed by atoms with Crippen molar-refractivity contribution < 1.29 is 18.7 Å². The molecule has 0 atom stereocenters. The lowest BCUT2D eigenvalue weighted by molar-refractivity contribution is -0.143. The van der Waals surface area contributed by atoms with Crippen molar-refractivity contribution in [2.24, 2.45) is 0 Å². The summed E-state index contributed by atoms with van der Waals surface area (Å²) in [5, 5.41) is 0. The van der Waals surface area contributed by atoms with Crippen molar-refractivity contribution in [2.45, 2.75) is 32.6 Å². The molecule has 0 unspecified atom stereocenters. The van der Waals surface area contributed by atoms with Crippen LogP contribution in [0, 0.1) is 5.82 Å². The molecule has 3 nitrogen and oxygen atoms in total. The number of hydrogen-bond acceptors (Lipinski definition) is 3. The molecule has 1 rings (SSSR count). The lowest BCUT2D eigenvalue weighted by Gasteiger charge is -2.02. The molecule has 0 heterocycles. The van der Waals surface area contributed by atoms with E-state index in [1.54, 1.807) is 6.92 Å². The van der Waals surface area contributed by atoms with Crippen LogP contribution in [0.5, 0.6) is 0 Å². The molecule has 1 aromatic carbocycles. The van der Waals surface area contributed by atoms with E-state index in [1.807, 2.05) is 0 Å². The monoisotopic (exact) mass is 252 g/mol. The first-order valence-electron chi connectivity index (χ1n) is 6.08. The number of halogens is 1. The van der Waals surface area contributed by atoms with Crippen LogP contribution in [-0.4, -0.2) is 18.4 Å². The Balaban J connectivity index is 2.25. The van der Waals surface area contributed by atoms with Crippen LogP contribution in [0.15, 0.2) is 24.3 Å². The Morgan fingerprint density at radius 2 is 1.72 bits per heavy atom. The predicted octanol–water partition coefficient (Wildman–Crippen LogP) is 3.13. The largest absolute Gasteiger partial charge is 0.466 e. The van der Waals surface area contributed by atoms with Gasteiger partial charge in [0.15, 0.2) is 5.78 Å². The van der Waals surface area contributed by atoms with Crippen molar-refractivity contribution in [3.63, 3.8) is 0 Å². The van der Waals surface area contributed by atoms with Crippen molar-refractivity contribution in [3.05, 3.63) is 35.6 Å². The van der Waals surface area contributed by atoms with Gasteiger partial charge in [0.25, 0.3) is 0 Å². The number of unbranched alkanes of at least 4 members (excludes halogenated alkanes) is 1. The molecule has 0 saturated carbocycles. The molecule has 0 saturated heterocycles. The Morgan fingerprint density at radius 1 is 1.11 bits per heavy atom. The van der Waals surface area contributed by atoms with Crippen molar-refractivity contribution in [1.82, 2.24) is 0 Å². The van der Waals surface area contributed by atoms with Crippen LogP contribution in [0.2, 0.25) is 0 Å². The molecule has 0 aromatic heterocycles. The topological polar surface area (TPSA) is 43.4 Å². The Hall–Kier alpha value is -1.71. The molecule has 4 heteroatoms. The fourth-order valence-corrected chi connectivity index (χ4v) is 1.57. The molecule has 0 fully saturated rings. The van der Waals surface area contributed by atoms with E-state index in [4.69, 9.17) is 4.74 Å². The third-order valence-corrected chi connectivity index (χ3v) is 2.51. The van der Waals surface area contributed by atoms with E-state index in [0.717, 1.165) is 0 Å². The number of ketones is 1. The molecule has 0 aliphatic heterocycles. The highest BCUT2D eigenvalue weighted by Gasteiger charge is 2.07. The van der Waals surface area contributed by atoms with Crippen LogP contribution in [0.4, 0.5) is 4.39 Å². The van der Waals surface area contributed by atoms with Gasteiger partial charge in [-0.05, 0) is 44.0 Å². The lowest BCUT2D eigenvalue weighted by Crippen LogP contribution is -2.04. The number of ether oxygens (including phenoxy) is 1. The quantitative estimate of drug-likeness (QED) is 0.425. The van der Waals surface area contributed by atoms with Crippen LogP contribution in [0.3, 0.4) is 0 Å². The summed E-state index contributed by atoms with van der Waals surface area (Å²) in [5.41, 5.74) is 0.507. The minimum atomic E-state index is -0.353. The van der Waals surface area contributed by atoms with Crippen molar-refractivity contribution in [2.75, 3.05) is 6.61 Å². The standard InChI is InChI=1S/C14H17FO3/c1-2-18-14(17)6-4-3-5-13(16)11-7-9-12(15)10-8-11/h7-10H,2-6H2,1H3. The van der Waals surface area contributed by atoms with Gasteiger partial charge in [0, 0.05) is 18.4 Å². The van der Waals surface area contributed by atoms with Gasteiger partial charge in [-0.3, -0.25) is 9.59 Å². The van der Waals surface area contributed by atoms with Gasteiger partial charge < -0.3 is 4.74 Å². The average molecular weight is 252 g/mol. The first-order chi connectivity index (χ1) is 8.63. The van der Waals surface area contributed by atoms with Crippen molar-refractivity contribution in [1.29, 1.82) is 0 Å². The summed E-state index contributed by atoms with van der Waals surface area (Å²) in [6, 6.07) is 5.49. The number of benzene rings is 1. The summed E-state index contributed by atoms with van der Waals surface area (Å²) >= 11 is 0. The molecule has 98 valence electrons. The highest BCUT2D eigenvalue weighted by molar-refractivity contribution is 5.95. The predicted molar refractivity (Wildman–Crippen MR) is 65.8 cm³/mol. The second kappa shape index (κ2) is 7.58. The average Bonchev–Trinajstić information content (AvgIpc) is 2.35. The van der Waals surface area contributed by atoms with Crippen molar-refractivity contribution >= 4 is 11.8 Å². The van der Waals surface area contributed by atoms with Gasteiger partial charge in [-0.2, -0.15) is 0 Å². The van der Waals surface area contributed by atoms with E-state index in [2.05, 4.69) is 0 Å². The number of carbonyl (C=O) groups excluding carboxylic acids is 2. The Morgan fingerprint density at radius 3 is 2.33 bits per heavy atom. The molecule has 0 N–H and O–H groups in total. The molecule has 18 heavy (non-hydrogen) atoms. The molecule has 0 spiro atoms. The summed E-state index contributed by atoms with van der Waals surface area (Å²) in [6.45, 7) is 2.14. The fraction of sp³-hybridized carbons (Fsp3) is 0.429. The van der Waals surface area contributed by atoms with Gasteiger partial charge in [-0.15, -0.1) is 0 Å². The maximum atomic E-state index is 12.7. The normalized spacial score (nSPS) is 10.1.